The number of carbonyl (C=O) groups excluding carboxylic acids is 2. The zero-order valence-corrected chi connectivity index (χ0v) is 27.4. The van der Waals surface area contributed by atoms with Gasteiger partial charge in [0.1, 0.15) is 16.3 Å². The van der Waals surface area contributed by atoms with E-state index in [2.05, 4.69) is 25.4 Å². The predicted octanol–water partition coefficient (Wildman–Crippen LogP) is 10.6. The maximum Gasteiger partial charge on any atom is 0.416 e. The molecular weight excluding hydrogens is 757 g/mol. The number of ether oxygens (including phenoxy) is 3. The topological polar surface area (TPSA) is 82.1 Å². The molecule has 0 aliphatic rings. The highest BCUT2D eigenvalue weighted by atomic mass is 79.9. The van der Waals surface area contributed by atoms with E-state index in [-0.39, 0.29) is 24.9 Å². The molecule has 0 amide bonds. The average molecular weight is 786 g/mol. The molecule has 4 rings (SSSR count). The summed E-state index contributed by atoms with van der Waals surface area (Å²) >= 11 is 14.7. The normalized spacial score (nSPS) is 12.0. The lowest BCUT2D eigenvalue weighted by atomic mass is 10.1. The number of esters is 2. The summed E-state index contributed by atoms with van der Waals surface area (Å²) in [4.78, 5) is 22.6. The molecule has 4 aromatic carbocycles. The van der Waals surface area contributed by atoms with Crippen molar-refractivity contribution in [1.29, 1.82) is 0 Å². The number of halogens is 9. The standard InChI is InChI=1S/C16H12ClF3O3.C9H8BrClO2.C7H5F3O.CH4/c1-22-15(21)14(10-5-7-12(17)8-6-10)23-13-4-2-3-11(9-13)16(18,19)20;1-13-9(12)8(10)6-2-4-7(11)5-3-6;8-7(9,10)5-2-1-3-6(11)4-5;/h2-9,14H,1H3;2-5,8H,1H3;1-4,11H;1H4. The molecule has 0 saturated carbocycles. The van der Waals surface area contributed by atoms with Crippen molar-refractivity contribution in [3.05, 3.63) is 129 Å². The van der Waals surface area contributed by atoms with Crippen molar-refractivity contribution in [1.82, 2.24) is 0 Å². The van der Waals surface area contributed by atoms with Crippen molar-refractivity contribution in [3.63, 3.8) is 0 Å². The van der Waals surface area contributed by atoms with Crippen molar-refractivity contribution >= 4 is 51.1 Å². The first-order chi connectivity index (χ1) is 22.0. The van der Waals surface area contributed by atoms with Gasteiger partial charge in [-0.05, 0) is 66.2 Å². The van der Waals surface area contributed by atoms with Crippen LogP contribution in [0.1, 0.15) is 40.6 Å². The van der Waals surface area contributed by atoms with Crippen molar-refractivity contribution < 1.29 is 55.2 Å². The van der Waals surface area contributed by atoms with Gasteiger partial charge in [-0.1, -0.05) is 83.0 Å². The van der Waals surface area contributed by atoms with E-state index in [1.54, 1.807) is 36.4 Å². The fraction of sp³-hybridized carbons (Fsp3) is 0.212. The minimum Gasteiger partial charge on any atom is -0.508 e. The van der Waals surface area contributed by atoms with Crippen LogP contribution in [0.15, 0.2) is 97.1 Å². The summed E-state index contributed by atoms with van der Waals surface area (Å²) in [6, 6.07) is 21.4. The number of alkyl halides is 7. The van der Waals surface area contributed by atoms with Gasteiger partial charge in [-0.25, -0.2) is 4.79 Å². The van der Waals surface area contributed by atoms with E-state index in [1.807, 2.05) is 0 Å². The largest absolute Gasteiger partial charge is 0.508 e. The second-order valence-electron chi connectivity index (χ2n) is 9.08. The molecule has 15 heteroatoms. The van der Waals surface area contributed by atoms with Crippen LogP contribution in [0.2, 0.25) is 10.0 Å². The summed E-state index contributed by atoms with van der Waals surface area (Å²) in [5.41, 5.74) is -0.456. The third-order valence-electron chi connectivity index (χ3n) is 5.75. The van der Waals surface area contributed by atoms with Crippen LogP contribution in [0.3, 0.4) is 0 Å². The summed E-state index contributed by atoms with van der Waals surface area (Å²) in [7, 11) is 2.52. The number of phenolic OH excluding ortho intramolecular Hbond substituents is 1. The number of carbonyl (C=O) groups is 2. The van der Waals surface area contributed by atoms with Crippen LogP contribution >= 0.6 is 39.1 Å². The first-order valence-electron chi connectivity index (χ1n) is 13.0. The van der Waals surface area contributed by atoms with Crippen molar-refractivity contribution in [2.24, 2.45) is 0 Å². The maximum absolute atomic E-state index is 12.7. The highest BCUT2D eigenvalue weighted by Crippen LogP contribution is 2.33. The van der Waals surface area contributed by atoms with E-state index in [9.17, 15) is 35.9 Å². The minimum atomic E-state index is -4.50. The third kappa shape index (κ3) is 13.7. The van der Waals surface area contributed by atoms with E-state index >= 15 is 0 Å². The van der Waals surface area contributed by atoms with Gasteiger partial charge in [-0.2, -0.15) is 26.3 Å². The molecule has 0 saturated heterocycles. The molecule has 6 nitrogen and oxygen atoms in total. The van der Waals surface area contributed by atoms with E-state index in [0.29, 0.717) is 21.7 Å². The smallest absolute Gasteiger partial charge is 0.416 e. The summed E-state index contributed by atoms with van der Waals surface area (Å²) < 4.78 is 88.4. The van der Waals surface area contributed by atoms with Gasteiger partial charge in [-0.15, -0.1) is 0 Å². The van der Waals surface area contributed by atoms with Crippen LogP contribution < -0.4 is 4.74 Å². The van der Waals surface area contributed by atoms with Gasteiger partial charge in [-0.3, -0.25) is 4.79 Å². The van der Waals surface area contributed by atoms with Crippen LogP contribution in [-0.4, -0.2) is 31.3 Å². The Morgan fingerprint density at radius 1 is 0.688 bits per heavy atom. The monoisotopic (exact) mass is 784 g/mol. The van der Waals surface area contributed by atoms with E-state index < -0.39 is 40.4 Å². The number of rotatable bonds is 6. The Hall–Kier alpha value is -3.94. The molecule has 2 atom stereocenters. The highest BCUT2D eigenvalue weighted by Gasteiger charge is 2.32. The number of hydrogen-bond acceptors (Lipinski definition) is 6. The molecule has 0 bridgehead atoms. The Labute approximate surface area is 291 Å². The Morgan fingerprint density at radius 2 is 1.12 bits per heavy atom. The van der Waals surface area contributed by atoms with Crippen LogP contribution in [0.25, 0.3) is 0 Å². The predicted molar refractivity (Wildman–Crippen MR) is 173 cm³/mol. The van der Waals surface area contributed by atoms with Crippen molar-refractivity contribution in [2.45, 2.75) is 30.7 Å². The zero-order valence-electron chi connectivity index (χ0n) is 24.3. The number of phenols is 1. The van der Waals surface area contributed by atoms with Crippen molar-refractivity contribution in [2.75, 3.05) is 14.2 Å². The molecule has 4 aromatic rings. The Kier molecular flexibility index (Phi) is 16.8. The Morgan fingerprint density at radius 3 is 1.54 bits per heavy atom. The molecule has 0 spiro atoms. The number of aromatic hydroxyl groups is 1. The lowest BCUT2D eigenvalue weighted by molar-refractivity contribution is -0.149. The van der Waals surface area contributed by atoms with Gasteiger partial charge < -0.3 is 19.3 Å². The molecule has 0 radical (unpaired) electrons. The van der Waals surface area contributed by atoms with Gasteiger partial charge in [0.2, 0.25) is 6.10 Å². The molecule has 260 valence electrons. The summed E-state index contributed by atoms with van der Waals surface area (Å²) in [5, 5.41) is 9.78. The second-order valence-corrected chi connectivity index (χ2v) is 10.9. The van der Waals surface area contributed by atoms with Crippen LogP contribution in [0.4, 0.5) is 26.3 Å². The van der Waals surface area contributed by atoms with Crippen LogP contribution in [0, 0.1) is 0 Å². The molecule has 1 N–H and O–H groups in total. The Bertz CT molecular complexity index is 1600. The quantitative estimate of drug-likeness (QED) is 0.119. The molecule has 0 fully saturated rings. The van der Waals surface area contributed by atoms with Crippen molar-refractivity contribution in [3.8, 4) is 11.5 Å². The van der Waals surface area contributed by atoms with Crippen LogP contribution in [-0.2, 0) is 31.4 Å². The zero-order chi connectivity index (χ0) is 35.4. The fourth-order valence-corrected chi connectivity index (χ4v) is 4.18. The number of benzene rings is 4. The van der Waals surface area contributed by atoms with E-state index in [4.69, 9.17) is 33.0 Å². The molecule has 2 unspecified atom stereocenters. The minimum absolute atomic E-state index is 0. The third-order valence-corrected chi connectivity index (χ3v) is 7.15. The summed E-state index contributed by atoms with van der Waals surface area (Å²) in [6.07, 6.45) is -10.1. The first kappa shape index (κ1) is 42.1. The lowest BCUT2D eigenvalue weighted by Crippen LogP contribution is -2.20. The number of methoxy groups -OCH3 is 2. The summed E-state index contributed by atoms with van der Waals surface area (Å²) in [6.45, 7) is 0. The van der Waals surface area contributed by atoms with Gasteiger partial charge in [0.15, 0.2) is 0 Å². The molecule has 0 aliphatic carbocycles. The van der Waals surface area contributed by atoms with Gasteiger partial charge >= 0.3 is 24.3 Å². The number of hydrogen-bond donors (Lipinski definition) is 1. The average Bonchev–Trinajstić information content (AvgIpc) is 3.03. The van der Waals surface area contributed by atoms with Gasteiger partial charge in [0, 0.05) is 15.6 Å². The molecule has 0 heterocycles. The molecule has 48 heavy (non-hydrogen) atoms. The fourth-order valence-electron chi connectivity index (χ4n) is 3.43. The molecule has 0 aromatic heterocycles. The Balaban J connectivity index is 0.000000391. The van der Waals surface area contributed by atoms with Gasteiger partial charge in [0.25, 0.3) is 0 Å². The SMILES string of the molecule is C.COC(=O)C(Br)c1ccc(Cl)cc1.COC(=O)C(Oc1cccc(C(F)(F)F)c1)c1ccc(Cl)cc1.Oc1cccc(C(F)(F)F)c1. The van der Waals surface area contributed by atoms with Crippen LogP contribution in [0.5, 0.6) is 11.5 Å². The van der Waals surface area contributed by atoms with Gasteiger partial charge in [0.05, 0.1) is 25.3 Å². The lowest BCUT2D eigenvalue weighted by Gasteiger charge is -2.18. The van der Waals surface area contributed by atoms with E-state index in [0.717, 1.165) is 29.8 Å². The second kappa shape index (κ2) is 19.2. The maximum atomic E-state index is 12.7. The molecular formula is C33H29BrCl2F6O6. The summed E-state index contributed by atoms with van der Waals surface area (Å²) in [5.74, 6) is -1.52. The van der Waals surface area contributed by atoms with E-state index in [1.165, 1.54) is 44.6 Å². The first-order valence-corrected chi connectivity index (χ1v) is 14.6. The molecule has 0 aliphatic heterocycles. The highest BCUT2D eigenvalue weighted by molar-refractivity contribution is 9.09.